The van der Waals surface area contributed by atoms with Crippen molar-refractivity contribution < 1.29 is 124 Å². The van der Waals surface area contributed by atoms with Crippen LogP contribution >= 0.6 is 22.6 Å². The SMILES string of the molecule is C=COCCI.C=COCCOc1c(OC)cc(/C=C/C=O)cc1OC.C=COCCOc1ccc(/C=C/C=O)cc1OC.COc1cc(/C=C/C=O)cc(OC)c1O.[K+].[OH-]. The summed E-state index contributed by atoms with van der Waals surface area (Å²) in [6.45, 7) is 12.6. The van der Waals surface area contributed by atoms with Crippen LogP contribution in [0.5, 0.6) is 46.0 Å². The Hall–Kier alpha value is -4.76. The average molecular weight is 989 g/mol. The summed E-state index contributed by atoms with van der Waals surface area (Å²) in [6.07, 6.45) is 15.4. The largest absolute Gasteiger partial charge is 1.00 e. The van der Waals surface area contributed by atoms with Gasteiger partial charge in [0.15, 0.2) is 34.5 Å². The average Bonchev–Trinajstić information content (AvgIpc) is 3.27. The molecule has 0 spiro atoms. The van der Waals surface area contributed by atoms with Gasteiger partial charge < -0.3 is 58.0 Å². The van der Waals surface area contributed by atoms with E-state index in [0.717, 1.165) is 28.4 Å². The van der Waals surface area contributed by atoms with E-state index in [2.05, 4.69) is 42.3 Å². The Labute approximate surface area is 414 Å². The number of aromatic hydroxyl groups is 1. The van der Waals surface area contributed by atoms with Crippen LogP contribution in [-0.2, 0) is 28.6 Å². The van der Waals surface area contributed by atoms with E-state index in [4.69, 9.17) is 47.4 Å². The van der Waals surface area contributed by atoms with Crippen LogP contribution in [0.1, 0.15) is 16.7 Å². The van der Waals surface area contributed by atoms with Crippen LogP contribution in [0.25, 0.3) is 18.2 Å². The predicted octanol–water partition coefficient (Wildman–Crippen LogP) is 4.93. The zero-order valence-electron chi connectivity index (χ0n) is 35.4. The van der Waals surface area contributed by atoms with Crippen molar-refractivity contribution in [3.63, 3.8) is 0 Å². The molecule has 3 aromatic rings. The third kappa shape index (κ3) is 26.2. The number of aldehydes is 3. The number of phenols is 1. The van der Waals surface area contributed by atoms with Crippen molar-refractivity contribution in [3.05, 3.63) is 116 Å². The molecular weight excluding hydrogens is 934 g/mol. The van der Waals surface area contributed by atoms with Gasteiger partial charge in [-0.1, -0.05) is 66.6 Å². The van der Waals surface area contributed by atoms with Gasteiger partial charge in [0, 0.05) is 4.43 Å². The number of hydrogen-bond acceptors (Lipinski definition) is 15. The van der Waals surface area contributed by atoms with Crippen LogP contribution in [0.2, 0.25) is 0 Å². The Morgan fingerprint density at radius 1 is 0.525 bits per heavy atom. The zero-order valence-corrected chi connectivity index (χ0v) is 40.7. The standard InChI is InChI=1S/C15H18O5.C14H16O4.C11H12O4.C4H7IO.K.H2O/c1-4-19-8-9-20-15-13(17-2)10-12(6-5-7-16)11-14(15)18-3;1-3-17-9-10-18-13-7-6-12(5-4-8-15)11-14(13)16-2;1-14-9-6-8(4-3-5-12)7-10(15-2)11(9)13;1-2-6-4-3-5;;/h4-7,10-11H,1,8-9H2,2-3H3;3-8,11H,1,9-10H2,2H3;3-7,13H,1-2H3;2H,1,3-4H2;;1H2/q;;;;+1;/p-1/b6-5+;5-4+;4-3+;;;. The van der Waals surface area contributed by atoms with Gasteiger partial charge in [0.25, 0.3) is 0 Å². The molecule has 3 rings (SSSR count). The van der Waals surface area contributed by atoms with Crippen molar-refractivity contribution in [2.45, 2.75) is 0 Å². The third-order valence-corrected chi connectivity index (χ3v) is 7.17. The van der Waals surface area contributed by atoms with Gasteiger partial charge in [-0.05, 0) is 71.3 Å². The molecule has 61 heavy (non-hydrogen) atoms. The molecule has 0 bridgehead atoms. The summed E-state index contributed by atoms with van der Waals surface area (Å²) in [6, 6.07) is 12.2. The zero-order chi connectivity index (χ0) is 44.1. The molecule has 328 valence electrons. The maximum absolute atomic E-state index is 10.4. The molecule has 3 aromatic carbocycles. The Balaban J connectivity index is -0.000000768. The molecule has 0 aromatic heterocycles. The van der Waals surface area contributed by atoms with Crippen molar-refractivity contribution in [2.75, 3.05) is 73.0 Å². The molecule has 0 aliphatic heterocycles. The minimum Gasteiger partial charge on any atom is -0.870 e. The van der Waals surface area contributed by atoms with Crippen molar-refractivity contribution in [2.24, 2.45) is 0 Å². The van der Waals surface area contributed by atoms with Crippen LogP contribution in [-0.4, -0.2) is 102 Å². The number of carbonyl (C=O) groups is 3. The summed E-state index contributed by atoms with van der Waals surface area (Å²) < 4.78 is 52.5. The Morgan fingerprint density at radius 3 is 1.28 bits per heavy atom. The van der Waals surface area contributed by atoms with Gasteiger partial charge in [-0.25, -0.2) is 0 Å². The molecule has 0 aliphatic rings. The minimum absolute atomic E-state index is 0. The summed E-state index contributed by atoms with van der Waals surface area (Å²) in [7, 11) is 7.53. The summed E-state index contributed by atoms with van der Waals surface area (Å²) in [4.78, 5) is 30.8. The summed E-state index contributed by atoms with van der Waals surface area (Å²) in [5.74, 6) is 3.34. The maximum Gasteiger partial charge on any atom is 1.00 e. The molecule has 0 atom stereocenters. The summed E-state index contributed by atoms with van der Waals surface area (Å²) in [5.41, 5.74) is 2.36. The Kier molecular flexibility index (Phi) is 40.3. The molecule has 0 unspecified atom stereocenters. The van der Waals surface area contributed by atoms with Crippen LogP contribution in [0.4, 0.5) is 0 Å². The monoisotopic (exact) mass is 988 g/mol. The first-order valence-corrected chi connectivity index (χ1v) is 19.0. The number of ether oxygens (including phenoxy) is 10. The summed E-state index contributed by atoms with van der Waals surface area (Å²) in [5, 5.41) is 9.60. The molecule has 15 nitrogen and oxygen atoms in total. The molecule has 17 heteroatoms. The smallest absolute Gasteiger partial charge is 0.870 e. The van der Waals surface area contributed by atoms with Crippen molar-refractivity contribution in [1.29, 1.82) is 0 Å². The van der Waals surface area contributed by atoms with Crippen LogP contribution < -0.4 is 84.5 Å². The number of rotatable bonds is 24. The van der Waals surface area contributed by atoms with E-state index >= 15 is 0 Å². The van der Waals surface area contributed by atoms with E-state index < -0.39 is 0 Å². The van der Waals surface area contributed by atoms with E-state index in [1.54, 1.807) is 61.7 Å². The number of methoxy groups -OCH3 is 5. The number of allylic oxidation sites excluding steroid dienone is 3. The van der Waals surface area contributed by atoms with Crippen LogP contribution in [0, 0.1) is 0 Å². The minimum atomic E-state index is -0.0525. The fourth-order valence-corrected chi connectivity index (χ4v) is 4.45. The molecule has 0 amide bonds. The summed E-state index contributed by atoms with van der Waals surface area (Å²) >= 11 is 2.24. The van der Waals surface area contributed by atoms with E-state index in [0.29, 0.717) is 84.8 Å². The van der Waals surface area contributed by atoms with E-state index in [9.17, 15) is 19.5 Å². The second-order valence-electron chi connectivity index (χ2n) is 10.4. The number of alkyl halides is 1. The normalized spacial score (nSPS) is 9.54. The molecule has 2 N–H and O–H groups in total. The first-order valence-electron chi connectivity index (χ1n) is 17.5. The quantitative estimate of drug-likeness (QED) is 0.0241. The van der Waals surface area contributed by atoms with Crippen LogP contribution in [0.15, 0.2) is 99.2 Å². The van der Waals surface area contributed by atoms with Crippen molar-refractivity contribution >= 4 is 59.7 Å². The van der Waals surface area contributed by atoms with Gasteiger partial charge >= 0.3 is 51.4 Å². The Bertz CT molecular complexity index is 1740. The second kappa shape index (κ2) is 40.6. The van der Waals surface area contributed by atoms with Gasteiger partial charge in [0.2, 0.25) is 11.5 Å². The second-order valence-corrected chi connectivity index (χ2v) is 11.5. The third-order valence-electron chi connectivity index (χ3n) is 6.73. The predicted molar refractivity (Wildman–Crippen MR) is 239 cm³/mol. The molecule has 0 heterocycles. The fourth-order valence-electron chi connectivity index (χ4n) is 4.19. The van der Waals surface area contributed by atoms with E-state index in [1.807, 2.05) is 6.07 Å². The number of halogens is 1. The van der Waals surface area contributed by atoms with Crippen molar-refractivity contribution in [3.8, 4) is 46.0 Å². The molecular formula is C44H54IKO15. The number of benzene rings is 3. The molecule has 0 aliphatic carbocycles. The molecule has 0 saturated carbocycles. The van der Waals surface area contributed by atoms with Gasteiger partial charge in [-0.15, -0.1) is 0 Å². The fraction of sp³-hybridized carbons (Fsp3) is 0.250. The first kappa shape index (κ1) is 60.5. The van der Waals surface area contributed by atoms with E-state index in [-0.39, 0.29) is 62.6 Å². The first-order chi connectivity index (χ1) is 28.7. The van der Waals surface area contributed by atoms with Gasteiger partial charge in [0.1, 0.15) is 45.3 Å². The maximum atomic E-state index is 10.4. The van der Waals surface area contributed by atoms with Gasteiger partial charge in [-0.3, -0.25) is 14.4 Å². The molecule has 0 radical (unpaired) electrons. The topological polar surface area (TPSA) is 194 Å². The number of hydrogen-bond donors (Lipinski definition) is 1. The van der Waals surface area contributed by atoms with Gasteiger partial charge in [0.05, 0.1) is 60.9 Å². The van der Waals surface area contributed by atoms with Crippen LogP contribution in [0.3, 0.4) is 0 Å². The van der Waals surface area contributed by atoms with E-state index in [1.165, 1.54) is 65.5 Å². The molecule has 0 saturated heterocycles. The number of phenolic OH excluding ortho intramolecular Hbond substituents is 1. The Morgan fingerprint density at radius 2 is 0.902 bits per heavy atom. The van der Waals surface area contributed by atoms with Crippen molar-refractivity contribution in [1.82, 2.24) is 0 Å². The van der Waals surface area contributed by atoms with Gasteiger partial charge in [-0.2, -0.15) is 0 Å². The number of carbonyl (C=O) groups excluding carboxylic acids is 3. The molecule has 0 fully saturated rings.